The molecule has 0 bridgehead atoms. The Kier molecular flexibility index (Phi) is 8.42. The van der Waals surface area contributed by atoms with Crippen LogP contribution in [0.25, 0.3) is 0 Å². The number of hydrogen-bond acceptors (Lipinski definition) is 1. The average molecular weight is 237 g/mol. The van der Waals surface area contributed by atoms with Crippen molar-refractivity contribution in [3.05, 3.63) is 12.7 Å². The SMILES string of the molecule is C=CCCCCCCCCC[C@@H]1CC[C@H](C)N1. The molecule has 0 unspecified atom stereocenters. The number of rotatable bonds is 10. The number of unbranched alkanes of at least 4 members (excludes halogenated alkanes) is 7. The highest BCUT2D eigenvalue weighted by molar-refractivity contribution is 4.80. The van der Waals surface area contributed by atoms with E-state index < -0.39 is 0 Å². The topological polar surface area (TPSA) is 12.0 Å². The van der Waals surface area contributed by atoms with Crippen molar-refractivity contribution in [3.63, 3.8) is 0 Å². The van der Waals surface area contributed by atoms with Gasteiger partial charge in [-0.2, -0.15) is 0 Å². The van der Waals surface area contributed by atoms with Crippen LogP contribution in [0.2, 0.25) is 0 Å². The smallest absolute Gasteiger partial charge is 0.00701 e. The van der Waals surface area contributed by atoms with Crippen LogP contribution in [0, 0.1) is 0 Å². The second-order valence-corrected chi connectivity index (χ2v) is 5.68. The lowest BCUT2D eigenvalue weighted by Crippen LogP contribution is -2.26. The summed E-state index contributed by atoms with van der Waals surface area (Å²) in [4.78, 5) is 0. The van der Waals surface area contributed by atoms with E-state index in [1.807, 2.05) is 6.08 Å². The van der Waals surface area contributed by atoms with E-state index in [2.05, 4.69) is 18.8 Å². The second kappa shape index (κ2) is 9.70. The van der Waals surface area contributed by atoms with Crippen LogP contribution in [-0.2, 0) is 0 Å². The van der Waals surface area contributed by atoms with E-state index in [0.717, 1.165) is 12.1 Å². The van der Waals surface area contributed by atoms with Gasteiger partial charge in [0.2, 0.25) is 0 Å². The van der Waals surface area contributed by atoms with Crippen molar-refractivity contribution >= 4 is 0 Å². The molecule has 0 aromatic carbocycles. The van der Waals surface area contributed by atoms with E-state index in [0.29, 0.717) is 0 Å². The summed E-state index contributed by atoms with van der Waals surface area (Å²) in [5.74, 6) is 0. The second-order valence-electron chi connectivity index (χ2n) is 5.68. The molecule has 0 amide bonds. The molecule has 0 aromatic heterocycles. The van der Waals surface area contributed by atoms with E-state index in [4.69, 9.17) is 0 Å². The first kappa shape index (κ1) is 14.8. The monoisotopic (exact) mass is 237 g/mol. The third kappa shape index (κ3) is 7.59. The molecule has 0 aliphatic carbocycles. The van der Waals surface area contributed by atoms with E-state index in [9.17, 15) is 0 Å². The van der Waals surface area contributed by atoms with Crippen molar-refractivity contribution < 1.29 is 0 Å². The zero-order chi connectivity index (χ0) is 12.3. The fourth-order valence-electron chi connectivity index (χ4n) is 2.81. The molecule has 2 atom stereocenters. The van der Waals surface area contributed by atoms with E-state index >= 15 is 0 Å². The molecular weight excluding hydrogens is 206 g/mol. The standard InChI is InChI=1S/C16H31N/c1-3-4-5-6-7-8-9-10-11-12-16-14-13-15(2)17-16/h3,15-17H,1,4-14H2,2H3/t15-,16+/m0/s1. The summed E-state index contributed by atoms with van der Waals surface area (Å²) >= 11 is 0. The molecule has 0 saturated carbocycles. The molecule has 17 heavy (non-hydrogen) atoms. The highest BCUT2D eigenvalue weighted by atomic mass is 15.0. The van der Waals surface area contributed by atoms with Gasteiger partial charge in [0.15, 0.2) is 0 Å². The van der Waals surface area contributed by atoms with Crippen molar-refractivity contribution in [2.75, 3.05) is 0 Å². The zero-order valence-corrected chi connectivity index (χ0v) is 11.7. The number of allylic oxidation sites excluding steroid dienone is 1. The van der Waals surface area contributed by atoms with E-state index in [-0.39, 0.29) is 0 Å². The van der Waals surface area contributed by atoms with Gasteiger partial charge in [-0.05, 0) is 39.0 Å². The number of hydrogen-bond donors (Lipinski definition) is 1. The maximum absolute atomic E-state index is 3.76. The summed E-state index contributed by atoms with van der Waals surface area (Å²) in [5, 5.41) is 3.67. The molecule has 1 aliphatic heterocycles. The van der Waals surface area contributed by atoms with Crippen LogP contribution in [-0.4, -0.2) is 12.1 Å². The van der Waals surface area contributed by atoms with Crippen molar-refractivity contribution in [1.29, 1.82) is 0 Å². The lowest BCUT2D eigenvalue weighted by Gasteiger charge is -2.11. The van der Waals surface area contributed by atoms with Crippen molar-refractivity contribution in [2.24, 2.45) is 0 Å². The van der Waals surface area contributed by atoms with Gasteiger partial charge in [0, 0.05) is 12.1 Å². The summed E-state index contributed by atoms with van der Waals surface area (Å²) in [6.07, 6.45) is 17.3. The summed E-state index contributed by atoms with van der Waals surface area (Å²) in [5.41, 5.74) is 0. The quantitative estimate of drug-likeness (QED) is 0.424. The molecule has 0 spiro atoms. The van der Waals surface area contributed by atoms with Gasteiger partial charge in [-0.25, -0.2) is 0 Å². The zero-order valence-electron chi connectivity index (χ0n) is 11.7. The third-order valence-electron chi connectivity index (χ3n) is 3.93. The first-order valence-corrected chi connectivity index (χ1v) is 7.70. The minimum absolute atomic E-state index is 0.768. The molecular formula is C16H31N. The predicted molar refractivity (Wildman–Crippen MR) is 77.4 cm³/mol. The molecule has 1 heteroatoms. The molecule has 1 rings (SSSR count). The molecule has 0 radical (unpaired) electrons. The van der Waals surface area contributed by atoms with Crippen molar-refractivity contribution in [3.8, 4) is 0 Å². The number of nitrogens with one attached hydrogen (secondary N) is 1. The predicted octanol–water partition coefficient (Wildman–Crippen LogP) is 4.82. The van der Waals surface area contributed by atoms with Crippen LogP contribution >= 0.6 is 0 Å². The average Bonchev–Trinajstić information content (AvgIpc) is 2.73. The molecule has 1 saturated heterocycles. The van der Waals surface area contributed by atoms with Gasteiger partial charge in [-0.1, -0.05) is 44.6 Å². The lowest BCUT2D eigenvalue weighted by atomic mass is 10.0. The van der Waals surface area contributed by atoms with Gasteiger partial charge < -0.3 is 5.32 Å². The van der Waals surface area contributed by atoms with E-state index in [1.165, 1.54) is 70.6 Å². The van der Waals surface area contributed by atoms with Crippen LogP contribution in [0.4, 0.5) is 0 Å². The Labute approximate surface area is 108 Å². The van der Waals surface area contributed by atoms with Gasteiger partial charge in [0.05, 0.1) is 0 Å². The van der Waals surface area contributed by atoms with Gasteiger partial charge in [0.1, 0.15) is 0 Å². The third-order valence-corrected chi connectivity index (χ3v) is 3.93. The van der Waals surface area contributed by atoms with Gasteiger partial charge >= 0.3 is 0 Å². The first-order valence-electron chi connectivity index (χ1n) is 7.70. The van der Waals surface area contributed by atoms with Crippen LogP contribution in [0.5, 0.6) is 0 Å². The Morgan fingerprint density at radius 3 is 2.24 bits per heavy atom. The van der Waals surface area contributed by atoms with Crippen molar-refractivity contribution in [1.82, 2.24) is 5.32 Å². The van der Waals surface area contributed by atoms with Crippen LogP contribution in [0.3, 0.4) is 0 Å². The van der Waals surface area contributed by atoms with Crippen LogP contribution < -0.4 is 5.32 Å². The largest absolute Gasteiger partial charge is 0.312 e. The first-order chi connectivity index (χ1) is 8.33. The Balaban J connectivity index is 1.77. The molecule has 1 nitrogen and oxygen atoms in total. The Morgan fingerprint density at radius 2 is 1.65 bits per heavy atom. The van der Waals surface area contributed by atoms with Crippen LogP contribution in [0.15, 0.2) is 12.7 Å². The summed E-state index contributed by atoms with van der Waals surface area (Å²) in [6, 6.07) is 1.60. The fraction of sp³-hybridized carbons (Fsp3) is 0.875. The molecule has 1 heterocycles. The molecule has 100 valence electrons. The fourth-order valence-corrected chi connectivity index (χ4v) is 2.81. The molecule has 1 aliphatic rings. The lowest BCUT2D eigenvalue weighted by molar-refractivity contribution is 0.485. The molecule has 1 N–H and O–H groups in total. The normalized spacial score (nSPS) is 24.1. The highest BCUT2D eigenvalue weighted by Gasteiger charge is 2.18. The molecule has 0 aromatic rings. The van der Waals surface area contributed by atoms with Gasteiger partial charge in [-0.15, -0.1) is 6.58 Å². The minimum Gasteiger partial charge on any atom is -0.312 e. The maximum Gasteiger partial charge on any atom is 0.00701 e. The van der Waals surface area contributed by atoms with Crippen LogP contribution in [0.1, 0.15) is 77.6 Å². The summed E-state index contributed by atoms with van der Waals surface area (Å²) < 4.78 is 0. The maximum atomic E-state index is 3.76. The van der Waals surface area contributed by atoms with Gasteiger partial charge in [0.25, 0.3) is 0 Å². The molecule has 1 fully saturated rings. The van der Waals surface area contributed by atoms with Gasteiger partial charge in [-0.3, -0.25) is 0 Å². The Hall–Kier alpha value is -0.300. The highest BCUT2D eigenvalue weighted by Crippen LogP contribution is 2.18. The Bertz CT molecular complexity index is 188. The Morgan fingerprint density at radius 1 is 1.00 bits per heavy atom. The summed E-state index contributed by atoms with van der Waals surface area (Å²) in [6.45, 7) is 6.06. The minimum atomic E-state index is 0.768. The summed E-state index contributed by atoms with van der Waals surface area (Å²) in [7, 11) is 0. The van der Waals surface area contributed by atoms with E-state index in [1.54, 1.807) is 0 Å². The van der Waals surface area contributed by atoms with Crippen molar-refractivity contribution in [2.45, 2.75) is 89.6 Å².